The number of alkyl halides is 2. The van der Waals surface area contributed by atoms with Gasteiger partial charge in [0.15, 0.2) is 0 Å². The summed E-state index contributed by atoms with van der Waals surface area (Å²) in [5, 5.41) is 7.66. The number of rotatable bonds is 8. The van der Waals surface area contributed by atoms with E-state index >= 15 is 0 Å². The molecule has 21 heavy (non-hydrogen) atoms. The Balaban J connectivity index is 2.98. The molecule has 1 aromatic carbocycles. The average molecular weight is 330 g/mol. The van der Waals surface area contributed by atoms with Gasteiger partial charge in [0.2, 0.25) is 0 Å². The van der Waals surface area contributed by atoms with E-state index in [9.17, 15) is 4.79 Å². The van der Waals surface area contributed by atoms with Crippen molar-refractivity contribution in [2.75, 3.05) is 41.7 Å². The summed E-state index contributed by atoms with van der Waals surface area (Å²) in [7, 11) is 1.68. The van der Waals surface area contributed by atoms with E-state index in [1.165, 1.54) is 4.90 Å². The third-order valence-corrected chi connectivity index (χ3v) is 3.55. The molecule has 1 amide bonds. The molecule has 0 spiro atoms. The molecule has 0 fully saturated rings. The number of nitrogens with one attached hydrogen (secondary N) is 1. The van der Waals surface area contributed by atoms with Gasteiger partial charge < -0.3 is 9.80 Å². The summed E-state index contributed by atoms with van der Waals surface area (Å²) in [6.45, 7) is 3.19. The standard InChI is InChI=1S/C15H21Cl2N3O/c1-3-14(18)15(21)19(2)12-5-4-6-13(11-12)20(9-7-16)10-8-17/h4-6,11,18H,3,7-10H2,1-2H3. The number of benzene rings is 1. The topological polar surface area (TPSA) is 47.4 Å². The Kier molecular flexibility index (Phi) is 7.54. The lowest BCUT2D eigenvalue weighted by atomic mass is 10.2. The van der Waals surface area contributed by atoms with Gasteiger partial charge in [-0.1, -0.05) is 13.0 Å². The number of carbonyl (C=O) groups excluding carboxylic acids is 1. The number of halogens is 2. The molecule has 0 aliphatic rings. The SMILES string of the molecule is CCC(=N)C(=O)N(C)c1cccc(N(CCCl)CCCl)c1. The highest BCUT2D eigenvalue weighted by atomic mass is 35.5. The Morgan fingerprint density at radius 3 is 2.29 bits per heavy atom. The predicted octanol–water partition coefficient (Wildman–Crippen LogP) is 3.36. The molecule has 6 heteroatoms. The van der Waals surface area contributed by atoms with E-state index in [1.54, 1.807) is 14.0 Å². The molecular formula is C15H21Cl2N3O. The molecule has 0 radical (unpaired) electrons. The molecule has 4 nitrogen and oxygen atoms in total. The van der Waals surface area contributed by atoms with Gasteiger partial charge in [0.25, 0.3) is 5.91 Å². The van der Waals surface area contributed by atoms with Crippen LogP contribution in [0.25, 0.3) is 0 Å². The zero-order valence-corrected chi connectivity index (χ0v) is 13.9. The summed E-state index contributed by atoms with van der Waals surface area (Å²) in [6, 6.07) is 7.62. The third-order valence-electron chi connectivity index (χ3n) is 3.21. The lowest BCUT2D eigenvalue weighted by Crippen LogP contribution is -2.33. The molecule has 116 valence electrons. The Bertz CT molecular complexity index is 488. The second-order valence-corrected chi connectivity index (χ2v) is 5.34. The Labute approximate surface area is 136 Å². The van der Waals surface area contributed by atoms with Gasteiger partial charge in [-0.05, 0) is 24.6 Å². The van der Waals surface area contributed by atoms with Gasteiger partial charge >= 0.3 is 0 Å². The van der Waals surface area contributed by atoms with Crippen LogP contribution in [0.1, 0.15) is 13.3 Å². The van der Waals surface area contributed by atoms with Gasteiger partial charge in [-0.25, -0.2) is 0 Å². The third kappa shape index (κ3) is 4.90. The van der Waals surface area contributed by atoms with Crippen LogP contribution in [0, 0.1) is 5.41 Å². The number of hydrogen-bond donors (Lipinski definition) is 1. The predicted molar refractivity (Wildman–Crippen MR) is 91.5 cm³/mol. The van der Waals surface area contributed by atoms with Crippen molar-refractivity contribution in [2.45, 2.75) is 13.3 Å². The second-order valence-electron chi connectivity index (χ2n) is 4.58. The molecule has 1 N–H and O–H groups in total. The molecular weight excluding hydrogens is 309 g/mol. The lowest BCUT2D eigenvalue weighted by molar-refractivity contribution is -0.112. The second kappa shape index (κ2) is 8.90. The minimum absolute atomic E-state index is 0.0984. The molecule has 0 heterocycles. The van der Waals surface area contributed by atoms with E-state index in [1.807, 2.05) is 24.3 Å². The van der Waals surface area contributed by atoms with E-state index in [0.717, 1.165) is 11.4 Å². The smallest absolute Gasteiger partial charge is 0.271 e. The van der Waals surface area contributed by atoms with Gasteiger partial charge in [0.05, 0.1) is 5.71 Å². The quantitative estimate of drug-likeness (QED) is 0.587. The van der Waals surface area contributed by atoms with Crippen molar-refractivity contribution in [3.05, 3.63) is 24.3 Å². The van der Waals surface area contributed by atoms with Crippen molar-refractivity contribution < 1.29 is 4.79 Å². The number of nitrogens with zero attached hydrogens (tertiary/aromatic N) is 2. The minimum Gasteiger partial charge on any atom is -0.369 e. The molecule has 0 atom stereocenters. The molecule has 0 bridgehead atoms. The lowest BCUT2D eigenvalue weighted by Gasteiger charge is -2.25. The van der Waals surface area contributed by atoms with Crippen molar-refractivity contribution >= 4 is 46.2 Å². The van der Waals surface area contributed by atoms with Gasteiger partial charge in [-0.15, -0.1) is 23.2 Å². The first kappa shape index (κ1) is 17.8. The summed E-state index contributed by atoms with van der Waals surface area (Å²) >= 11 is 11.6. The van der Waals surface area contributed by atoms with Crippen molar-refractivity contribution in [1.29, 1.82) is 5.41 Å². The molecule has 0 aliphatic carbocycles. The fraction of sp³-hybridized carbons (Fsp3) is 0.467. The van der Waals surface area contributed by atoms with Crippen LogP contribution in [-0.2, 0) is 4.79 Å². The Morgan fingerprint density at radius 2 is 1.76 bits per heavy atom. The van der Waals surface area contributed by atoms with Gasteiger partial charge in [0.1, 0.15) is 0 Å². The fourth-order valence-electron chi connectivity index (χ4n) is 1.94. The van der Waals surface area contributed by atoms with Gasteiger partial charge in [-0.2, -0.15) is 0 Å². The zero-order valence-electron chi connectivity index (χ0n) is 12.4. The van der Waals surface area contributed by atoms with Crippen LogP contribution in [0.5, 0.6) is 0 Å². The first-order valence-corrected chi connectivity index (χ1v) is 7.94. The summed E-state index contributed by atoms with van der Waals surface area (Å²) in [4.78, 5) is 15.6. The van der Waals surface area contributed by atoms with Crippen molar-refractivity contribution in [3.63, 3.8) is 0 Å². The summed E-state index contributed by atoms with van der Waals surface area (Å²) in [5.74, 6) is 0.739. The number of amides is 1. The van der Waals surface area contributed by atoms with E-state index in [2.05, 4.69) is 4.90 Å². The summed E-state index contributed by atoms with van der Waals surface area (Å²) in [5.41, 5.74) is 1.82. The molecule has 0 aliphatic heterocycles. The summed E-state index contributed by atoms with van der Waals surface area (Å²) in [6.07, 6.45) is 0.424. The number of carbonyl (C=O) groups is 1. The highest BCUT2D eigenvalue weighted by Crippen LogP contribution is 2.22. The molecule has 1 aromatic rings. The average Bonchev–Trinajstić information content (AvgIpc) is 2.52. The van der Waals surface area contributed by atoms with Crippen LogP contribution in [-0.4, -0.2) is 43.5 Å². The van der Waals surface area contributed by atoms with Crippen molar-refractivity contribution in [2.24, 2.45) is 0 Å². The van der Waals surface area contributed by atoms with Crippen molar-refractivity contribution in [3.8, 4) is 0 Å². The van der Waals surface area contributed by atoms with E-state index < -0.39 is 0 Å². The molecule has 0 aromatic heterocycles. The zero-order chi connectivity index (χ0) is 15.8. The molecule has 1 rings (SSSR count). The Hall–Kier alpha value is -1.26. The van der Waals surface area contributed by atoms with Crippen LogP contribution in [0.4, 0.5) is 11.4 Å². The van der Waals surface area contributed by atoms with E-state index in [-0.39, 0.29) is 11.6 Å². The normalized spacial score (nSPS) is 10.3. The highest BCUT2D eigenvalue weighted by Gasteiger charge is 2.16. The monoisotopic (exact) mass is 329 g/mol. The highest BCUT2D eigenvalue weighted by molar-refractivity contribution is 6.42. The van der Waals surface area contributed by atoms with Crippen LogP contribution in [0.3, 0.4) is 0 Å². The van der Waals surface area contributed by atoms with Crippen LogP contribution in [0.15, 0.2) is 24.3 Å². The maximum atomic E-state index is 12.1. The van der Waals surface area contributed by atoms with Gasteiger partial charge in [-0.3, -0.25) is 10.2 Å². The fourth-order valence-corrected chi connectivity index (χ4v) is 2.35. The minimum atomic E-state index is -0.282. The van der Waals surface area contributed by atoms with E-state index in [0.29, 0.717) is 31.3 Å². The Morgan fingerprint density at radius 1 is 1.19 bits per heavy atom. The molecule has 0 unspecified atom stereocenters. The van der Waals surface area contributed by atoms with E-state index in [4.69, 9.17) is 28.6 Å². The first-order chi connectivity index (χ1) is 10.0. The van der Waals surface area contributed by atoms with Crippen molar-refractivity contribution in [1.82, 2.24) is 0 Å². The molecule has 0 saturated heterocycles. The first-order valence-electron chi connectivity index (χ1n) is 6.87. The van der Waals surface area contributed by atoms with Gasteiger partial charge in [0, 0.05) is 43.3 Å². The summed E-state index contributed by atoms with van der Waals surface area (Å²) < 4.78 is 0. The maximum absolute atomic E-state index is 12.1. The maximum Gasteiger partial charge on any atom is 0.271 e. The van der Waals surface area contributed by atoms with Crippen LogP contribution in [0.2, 0.25) is 0 Å². The molecule has 0 saturated carbocycles. The number of hydrogen-bond acceptors (Lipinski definition) is 3. The van der Waals surface area contributed by atoms with Crippen LogP contribution < -0.4 is 9.80 Å². The van der Waals surface area contributed by atoms with Crippen LogP contribution >= 0.6 is 23.2 Å². The largest absolute Gasteiger partial charge is 0.369 e. The number of anilines is 2.